The van der Waals surface area contributed by atoms with Crippen LogP contribution in [-0.2, 0) is 0 Å². The Morgan fingerprint density at radius 1 is 1.10 bits per heavy atom. The maximum absolute atomic E-state index is 11.8. The standard InChI is InChI=1S/C15H13N3O3/c1-20-11-6-5-9(8-12(11)21-2)13-14-10(4-3-7-16-14)15(19)18-17-13/h3-8H,1-2H3,(H,18,19). The topological polar surface area (TPSA) is 77.1 Å². The average molecular weight is 283 g/mol. The van der Waals surface area contributed by atoms with Gasteiger partial charge in [0, 0.05) is 11.8 Å². The van der Waals surface area contributed by atoms with E-state index in [-0.39, 0.29) is 5.56 Å². The molecule has 3 rings (SSSR count). The van der Waals surface area contributed by atoms with Gasteiger partial charge in [0.15, 0.2) is 11.5 Å². The van der Waals surface area contributed by atoms with Crippen LogP contribution in [0.25, 0.3) is 22.2 Å². The maximum Gasteiger partial charge on any atom is 0.273 e. The Balaban J connectivity index is 2.26. The van der Waals surface area contributed by atoms with Crippen LogP contribution >= 0.6 is 0 Å². The Labute approximate surface area is 120 Å². The van der Waals surface area contributed by atoms with E-state index in [1.165, 1.54) is 0 Å². The number of benzene rings is 1. The van der Waals surface area contributed by atoms with Crippen molar-refractivity contribution >= 4 is 10.9 Å². The van der Waals surface area contributed by atoms with Crippen molar-refractivity contribution in [1.29, 1.82) is 0 Å². The van der Waals surface area contributed by atoms with Gasteiger partial charge in [-0.15, -0.1) is 0 Å². The first-order chi connectivity index (χ1) is 10.2. The second kappa shape index (κ2) is 5.24. The third-order valence-electron chi connectivity index (χ3n) is 3.20. The molecular formula is C15H13N3O3. The second-order valence-corrected chi connectivity index (χ2v) is 4.37. The molecule has 6 nitrogen and oxygen atoms in total. The molecule has 0 aliphatic carbocycles. The van der Waals surface area contributed by atoms with Crippen molar-refractivity contribution < 1.29 is 9.47 Å². The monoisotopic (exact) mass is 283 g/mol. The molecule has 3 aromatic rings. The Bertz CT molecular complexity index is 858. The number of aromatic nitrogens is 3. The van der Waals surface area contributed by atoms with Crippen molar-refractivity contribution in [2.24, 2.45) is 0 Å². The lowest BCUT2D eigenvalue weighted by molar-refractivity contribution is 0.355. The van der Waals surface area contributed by atoms with Gasteiger partial charge in [-0.05, 0) is 30.3 Å². The lowest BCUT2D eigenvalue weighted by Gasteiger charge is -2.10. The number of hydrogen-bond acceptors (Lipinski definition) is 5. The van der Waals surface area contributed by atoms with E-state index >= 15 is 0 Å². The molecule has 2 aromatic heterocycles. The summed E-state index contributed by atoms with van der Waals surface area (Å²) in [7, 11) is 3.14. The molecule has 0 spiro atoms. The zero-order chi connectivity index (χ0) is 14.8. The van der Waals surface area contributed by atoms with Gasteiger partial charge in [-0.3, -0.25) is 9.78 Å². The first-order valence-corrected chi connectivity index (χ1v) is 6.30. The smallest absolute Gasteiger partial charge is 0.273 e. The molecule has 0 bridgehead atoms. The van der Waals surface area contributed by atoms with E-state index in [1.54, 1.807) is 44.7 Å². The first-order valence-electron chi connectivity index (χ1n) is 6.30. The van der Waals surface area contributed by atoms with Gasteiger partial charge in [-0.2, -0.15) is 5.10 Å². The molecule has 0 unspecified atom stereocenters. The highest BCUT2D eigenvalue weighted by atomic mass is 16.5. The maximum atomic E-state index is 11.8. The summed E-state index contributed by atoms with van der Waals surface area (Å²) in [6.45, 7) is 0. The second-order valence-electron chi connectivity index (χ2n) is 4.37. The van der Waals surface area contributed by atoms with Crippen LogP contribution in [0.15, 0.2) is 41.3 Å². The molecule has 0 amide bonds. The number of fused-ring (bicyclic) bond motifs is 1. The summed E-state index contributed by atoms with van der Waals surface area (Å²) in [6.07, 6.45) is 1.63. The number of pyridine rings is 1. The molecule has 0 radical (unpaired) electrons. The number of H-pyrrole nitrogens is 1. The predicted molar refractivity (Wildman–Crippen MR) is 78.7 cm³/mol. The Morgan fingerprint density at radius 3 is 2.67 bits per heavy atom. The summed E-state index contributed by atoms with van der Waals surface area (Å²) < 4.78 is 10.5. The number of hydrogen-bond donors (Lipinski definition) is 1. The molecule has 0 aliphatic heterocycles. The number of nitrogens with one attached hydrogen (secondary N) is 1. The van der Waals surface area contributed by atoms with Gasteiger partial charge in [0.25, 0.3) is 5.56 Å². The van der Waals surface area contributed by atoms with E-state index in [1.807, 2.05) is 6.07 Å². The molecule has 6 heteroatoms. The van der Waals surface area contributed by atoms with Gasteiger partial charge in [-0.1, -0.05) is 0 Å². The van der Waals surface area contributed by atoms with Crippen molar-refractivity contribution in [2.45, 2.75) is 0 Å². The predicted octanol–water partition coefficient (Wildman–Crippen LogP) is 2.00. The van der Waals surface area contributed by atoms with Crippen LogP contribution in [-0.4, -0.2) is 29.4 Å². The van der Waals surface area contributed by atoms with Crippen LogP contribution in [0.4, 0.5) is 0 Å². The van der Waals surface area contributed by atoms with Gasteiger partial charge < -0.3 is 9.47 Å². The van der Waals surface area contributed by atoms with Crippen LogP contribution in [0.5, 0.6) is 11.5 Å². The van der Waals surface area contributed by atoms with Gasteiger partial charge in [-0.25, -0.2) is 5.10 Å². The van der Waals surface area contributed by atoms with E-state index in [0.717, 1.165) is 5.56 Å². The van der Waals surface area contributed by atoms with Crippen molar-refractivity contribution in [3.05, 3.63) is 46.9 Å². The molecule has 1 aromatic carbocycles. The fourth-order valence-electron chi connectivity index (χ4n) is 2.18. The van der Waals surface area contributed by atoms with E-state index in [4.69, 9.17) is 9.47 Å². The van der Waals surface area contributed by atoms with Crippen LogP contribution < -0.4 is 15.0 Å². The van der Waals surface area contributed by atoms with Crippen LogP contribution in [0.3, 0.4) is 0 Å². The van der Waals surface area contributed by atoms with Crippen molar-refractivity contribution in [3.63, 3.8) is 0 Å². The molecule has 0 saturated carbocycles. The zero-order valence-corrected chi connectivity index (χ0v) is 11.6. The van der Waals surface area contributed by atoms with Gasteiger partial charge >= 0.3 is 0 Å². The van der Waals surface area contributed by atoms with Crippen LogP contribution in [0.2, 0.25) is 0 Å². The molecule has 0 saturated heterocycles. The minimum absolute atomic E-state index is 0.262. The van der Waals surface area contributed by atoms with E-state index < -0.39 is 0 Å². The van der Waals surface area contributed by atoms with E-state index in [0.29, 0.717) is 28.1 Å². The summed E-state index contributed by atoms with van der Waals surface area (Å²) in [5, 5.41) is 7.10. The Hall–Kier alpha value is -2.89. The lowest BCUT2D eigenvalue weighted by atomic mass is 10.1. The lowest BCUT2D eigenvalue weighted by Crippen LogP contribution is -2.10. The summed E-state index contributed by atoms with van der Waals surface area (Å²) in [4.78, 5) is 16.0. The fourth-order valence-corrected chi connectivity index (χ4v) is 2.18. The molecule has 2 heterocycles. The first kappa shape index (κ1) is 13.1. The number of nitrogens with zero attached hydrogens (tertiary/aromatic N) is 2. The Kier molecular flexibility index (Phi) is 3.27. The molecular weight excluding hydrogens is 270 g/mol. The molecule has 1 N–H and O–H groups in total. The highest BCUT2D eigenvalue weighted by molar-refractivity contribution is 5.90. The fraction of sp³-hybridized carbons (Fsp3) is 0.133. The van der Waals surface area contributed by atoms with Crippen molar-refractivity contribution in [2.75, 3.05) is 14.2 Å². The van der Waals surface area contributed by atoms with Crippen LogP contribution in [0.1, 0.15) is 0 Å². The SMILES string of the molecule is COc1ccc(-c2n[nH]c(=O)c3cccnc23)cc1OC. The number of aromatic amines is 1. The van der Waals surface area contributed by atoms with Gasteiger partial charge in [0.1, 0.15) is 11.2 Å². The summed E-state index contributed by atoms with van der Waals surface area (Å²) in [5.74, 6) is 1.22. The largest absolute Gasteiger partial charge is 0.493 e. The Morgan fingerprint density at radius 2 is 1.90 bits per heavy atom. The van der Waals surface area contributed by atoms with E-state index in [9.17, 15) is 4.79 Å². The number of rotatable bonds is 3. The van der Waals surface area contributed by atoms with E-state index in [2.05, 4.69) is 15.2 Å². The number of ether oxygens (including phenoxy) is 2. The number of methoxy groups -OCH3 is 2. The molecule has 21 heavy (non-hydrogen) atoms. The zero-order valence-electron chi connectivity index (χ0n) is 11.6. The van der Waals surface area contributed by atoms with Crippen molar-refractivity contribution in [3.8, 4) is 22.8 Å². The highest BCUT2D eigenvalue weighted by Gasteiger charge is 2.12. The molecule has 0 fully saturated rings. The average Bonchev–Trinajstić information content (AvgIpc) is 2.55. The normalized spacial score (nSPS) is 10.6. The minimum Gasteiger partial charge on any atom is -0.493 e. The summed E-state index contributed by atoms with van der Waals surface area (Å²) in [5.41, 5.74) is 1.66. The molecule has 0 aliphatic rings. The minimum atomic E-state index is -0.262. The molecule has 106 valence electrons. The van der Waals surface area contributed by atoms with Crippen molar-refractivity contribution in [1.82, 2.24) is 15.2 Å². The van der Waals surface area contributed by atoms with Gasteiger partial charge in [0.2, 0.25) is 0 Å². The molecule has 0 atom stereocenters. The highest BCUT2D eigenvalue weighted by Crippen LogP contribution is 2.32. The summed E-state index contributed by atoms with van der Waals surface area (Å²) in [6, 6.07) is 8.86. The third-order valence-corrected chi connectivity index (χ3v) is 3.20. The third kappa shape index (κ3) is 2.20. The quantitative estimate of drug-likeness (QED) is 0.795. The van der Waals surface area contributed by atoms with Crippen LogP contribution in [0, 0.1) is 0 Å². The summed E-state index contributed by atoms with van der Waals surface area (Å²) >= 11 is 0. The van der Waals surface area contributed by atoms with Gasteiger partial charge in [0.05, 0.1) is 19.6 Å².